The van der Waals surface area contributed by atoms with Crippen molar-refractivity contribution in [2.45, 2.75) is 13.8 Å². The highest BCUT2D eigenvalue weighted by atomic mass is 16.5. The van der Waals surface area contributed by atoms with Gasteiger partial charge in [0.1, 0.15) is 11.5 Å². The van der Waals surface area contributed by atoms with Gasteiger partial charge in [0.25, 0.3) is 0 Å². The van der Waals surface area contributed by atoms with E-state index in [0.717, 1.165) is 42.6 Å². The van der Waals surface area contributed by atoms with Gasteiger partial charge in [-0.25, -0.2) is 0 Å². The second kappa shape index (κ2) is 8.93. The maximum absolute atomic E-state index is 5.68. The zero-order valence-electron chi connectivity index (χ0n) is 14.1. The van der Waals surface area contributed by atoms with Crippen LogP contribution in [0.1, 0.15) is 13.8 Å². The number of methoxy groups -OCH3 is 1. The molecule has 2 N–H and O–H groups in total. The molecule has 0 heterocycles. The summed E-state index contributed by atoms with van der Waals surface area (Å²) in [7, 11) is 1.68. The lowest BCUT2D eigenvalue weighted by molar-refractivity contribution is 0.271. The van der Waals surface area contributed by atoms with E-state index in [1.165, 1.54) is 0 Å². The summed E-state index contributed by atoms with van der Waals surface area (Å²) >= 11 is 0. The molecule has 0 bridgehead atoms. The molecule has 0 saturated heterocycles. The van der Waals surface area contributed by atoms with Crippen LogP contribution in [0.4, 0.5) is 11.4 Å². The quantitative estimate of drug-likeness (QED) is 0.679. The Balaban J connectivity index is 1.74. The lowest BCUT2D eigenvalue weighted by Crippen LogP contribution is -2.14. The van der Waals surface area contributed by atoms with Gasteiger partial charge in [0.2, 0.25) is 0 Å². The summed E-state index contributed by atoms with van der Waals surface area (Å²) in [5.74, 6) is 2.31. The molecule has 0 aliphatic heterocycles. The molecular weight excluding hydrogens is 288 g/mol. The van der Waals surface area contributed by atoms with Crippen molar-refractivity contribution in [3.8, 4) is 11.5 Å². The van der Waals surface area contributed by atoms with Gasteiger partial charge in [-0.1, -0.05) is 26.0 Å². The first kappa shape index (κ1) is 17.0. The van der Waals surface area contributed by atoms with Gasteiger partial charge < -0.3 is 20.1 Å². The molecule has 4 heteroatoms. The Labute approximate surface area is 138 Å². The van der Waals surface area contributed by atoms with Crippen LogP contribution in [0.2, 0.25) is 0 Å². The summed E-state index contributed by atoms with van der Waals surface area (Å²) in [6.07, 6.45) is 0. The van der Waals surface area contributed by atoms with Crippen LogP contribution in [-0.4, -0.2) is 26.8 Å². The van der Waals surface area contributed by atoms with Gasteiger partial charge in [0, 0.05) is 18.8 Å². The Bertz CT molecular complexity index is 582. The number of benzene rings is 2. The van der Waals surface area contributed by atoms with E-state index in [2.05, 4.69) is 24.5 Å². The molecule has 0 aromatic heterocycles. The van der Waals surface area contributed by atoms with Gasteiger partial charge in [0.05, 0.1) is 19.4 Å². The number of anilines is 2. The molecule has 4 nitrogen and oxygen atoms in total. The third-order valence-electron chi connectivity index (χ3n) is 3.31. The maximum Gasteiger partial charge on any atom is 0.141 e. The first-order valence-electron chi connectivity index (χ1n) is 8.02. The maximum atomic E-state index is 5.68. The highest BCUT2D eigenvalue weighted by Gasteiger charge is 2.00. The van der Waals surface area contributed by atoms with E-state index < -0.39 is 0 Å². The Morgan fingerprint density at radius 3 is 2.30 bits per heavy atom. The number of hydrogen-bond donors (Lipinski definition) is 2. The van der Waals surface area contributed by atoms with E-state index in [-0.39, 0.29) is 0 Å². The fraction of sp³-hybridized carbons (Fsp3) is 0.368. The molecular formula is C19H26N2O2. The Kier molecular flexibility index (Phi) is 6.60. The van der Waals surface area contributed by atoms with Crippen LogP contribution in [0.5, 0.6) is 11.5 Å². The monoisotopic (exact) mass is 314 g/mol. The van der Waals surface area contributed by atoms with Crippen LogP contribution in [0.3, 0.4) is 0 Å². The molecule has 2 aromatic carbocycles. The van der Waals surface area contributed by atoms with Crippen LogP contribution in [-0.2, 0) is 0 Å². The third-order valence-corrected chi connectivity index (χ3v) is 3.31. The lowest BCUT2D eigenvalue weighted by Gasteiger charge is -2.12. The van der Waals surface area contributed by atoms with E-state index in [4.69, 9.17) is 9.47 Å². The predicted molar refractivity (Wildman–Crippen MR) is 96.7 cm³/mol. The van der Waals surface area contributed by atoms with Crippen LogP contribution >= 0.6 is 0 Å². The summed E-state index contributed by atoms with van der Waals surface area (Å²) < 4.78 is 11.0. The normalized spacial score (nSPS) is 10.4. The van der Waals surface area contributed by atoms with Gasteiger partial charge in [0.15, 0.2) is 0 Å². The molecule has 0 radical (unpaired) electrons. The van der Waals surface area contributed by atoms with Gasteiger partial charge in [-0.15, -0.1) is 0 Å². The summed E-state index contributed by atoms with van der Waals surface area (Å²) in [6.45, 7) is 6.67. The molecule has 0 aliphatic carbocycles. The Hall–Kier alpha value is -2.36. The molecule has 0 aliphatic rings. The van der Waals surface area contributed by atoms with Crippen molar-refractivity contribution in [2.24, 2.45) is 5.92 Å². The number of rotatable bonds is 9. The highest BCUT2D eigenvalue weighted by molar-refractivity contribution is 5.56. The SMILES string of the molecule is COc1ccccc1NCCNc1ccc(OCC(C)C)cc1. The van der Waals surface area contributed by atoms with Crippen molar-refractivity contribution in [3.05, 3.63) is 48.5 Å². The molecule has 23 heavy (non-hydrogen) atoms. The molecule has 0 atom stereocenters. The lowest BCUT2D eigenvalue weighted by atomic mass is 10.2. The minimum Gasteiger partial charge on any atom is -0.495 e. The standard InChI is InChI=1S/C19H26N2O2/c1-15(2)14-23-17-10-8-16(9-11-17)20-12-13-21-18-6-4-5-7-19(18)22-3/h4-11,15,20-21H,12-14H2,1-3H3. The predicted octanol–water partition coefficient (Wildman–Crippen LogP) is 4.25. The second-order valence-corrected chi connectivity index (χ2v) is 5.78. The third kappa shape index (κ3) is 5.74. The van der Waals surface area contributed by atoms with Crippen molar-refractivity contribution in [1.29, 1.82) is 0 Å². The van der Waals surface area contributed by atoms with Crippen LogP contribution in [0.25, 0.3) is 0 Å². The summed E-state index contributed by atoms with van der Waals surface area (Å²) in [4.78, 5) is 0. The highest BCUT2D eigenvalue weighted by Crippen LogP contribution is 2.22. The smallest absolute Gasteiger partial charge is 0.141 e. The molecule has 0 spiro atoms. The second-order valence-electron chi connectivity index (χ2n) is 5.78. The van der Waals surface area contributed by atoms with Gasteiger partial charge in [-0.05, 0) is 42.3 Å². The molecule has 124 valence electrons. The minimum atomic E-state index is 0.536. The molecule has 2 rings (SSSR count). The van der Waals surface area contributed by atoms with Crippen molar-refractivity contribution < 1.29 is 9.47 Å². The van der Waals surface area contributed by atoms with Crippen LogP contribution in [0.15, 0.2) is 48.5 Å². The van der Waals surface area contributed by atoms with Crippen molar-refractivity contribution >= 4 is 11.4 Å². The zero-order chi connectivity index (χ0) is 16.5. The van der Waals surface area contributed by atoms with Crippen molar-refractivity contribution in [3.63, 3.8) is 0 Å². The number of ether oxygens (including phenoxy) is 2. The fourth-order valence-corrected chi connectivity index (χ4v) is 2.13. The Morgan fingerprint density at radius 2 is 1.61 bits per heavy atom. The van der Waals surface area contributed by atoms with Crippen LogP contribution in [0, 0.1) is 5.92 Å². The van der Waals surface area contributed by atoms with E-state index >= 15 is 0 Å². The fourth-order valence-electron chi connectivity index (χ4n) is 2.13. The summed E-state index contributed by atoms with van der Waals surface area (Å²) in [6, 6.07) is 16.0. The van der Waals surface area contributed by atoms with Gasteiger partial charge >= 0.3 is 0 Å². The van der Waals surface area contributed by atoms with Crippen molar-refractivity contribution in [2.75, 3.05) is 37.4 Å². The molecule has 0 amide bonds. The van der Waals surface area contributed by atoms with Crippen molar-refractivity contribution in [1.82, 2.24) is 0 Å². The van der Waals surface area contributed by atoms with E-state index in [9.17, 15) is 0 Å². The Morgan fingerprint density at radius 1 is 0.913 bits per heavy atom. The van der Waals surface area contributed by atoms with E-state index in [1.54, 1.807) is 7.11 Å². The zero-order valence-corrected chi connectivity index (χ0v) is 14.1. The topological polar surface area (TPSA) is 42.5 Å². The minimum absolute atomic E-state index is 0.536. The van der Waals surface area contributed by atoms with E-state index in [0.29, 0.717) is 5.92 Å². The van der Waals surface area contributed by atoms with Gasteiger partial charge in [-0.2, -0.15) is 0 Å². The summed E-state index contributed by atoms with van der Waals surface area (Å²) in [5.41, 5.74) is 2.10. The largest absolute Gasteiger partial charge is 0.495 e. The van der Waals surface area contributed by atoms with Gasteiger partial charge in [-0.3, -0.25) is 0 Å². The molecule has 0 unspecified atom stereocenters. The molecule has 2 aromatic rings. The first-order valence-corrected chi connectivity index (χ1v) is 8.02. The number of nitrogens with one attached hydrogen (secondary N) is 2. The first-order chi connectivity index (χ1) is 11.2. The van der Waals surface area contributed by atoms with Crippen LogP contribution < -0.4 is 20.1 Å². The van der Waals surface area contributed by atoms with E-state index in [1.807, 2.05) is 48.5 Å². The number of hydrogen-bond acceptors (Lipinski definition) is 4. The average Bonchev–Trinajstić information content (AvgIpc) is 2.58. The molecule has 0 fully saturated rings. The number of para-hydroxylation sites is 2. The average molecular weight is 314 g/mol. The summed E-state index contributed by atoms with van der Waals surface area (Å²) in [5, 5.41) is 6.75. The molecule has 0 saturated carbocycles.